The summed E-state index contributed by atoms with van der Waals surface area (Å²) in [5.41, 5.74) is 0. The highest BCUT2D eigenvalue weighted by Crippen LogP contribution is 2.43. The van der Waals surface area contributed by atoms with Crippen molar-refractivity contribution in [3.8, 4) is 0 Å². The zero-order valence-electron chi connectivity index (χ0n) is 39.5. The van der Waals surface area contributed by atoms with Gasteiger partial charge in [0.15, 0.2) is 6.04 Å². The predicted octanol–water partition coefficient (Wildman–Crippen LogP) is 13.8. The molecule has 0 aliphatic rings. The van der Waals surface area contributed by atoms with Crippen molar-refractivity contribution in [2.45, 2.75) is 276 Å². The van der Waals surface area contributed by atoms with E-state index in [1.54, 1.807) is 0 Å². The number of carboxylic acid groups (broad SMARTS) is 1. The highest BCUT2D eigenvalue weighted by atomic mass is 31.2. The van der Waals surface area contributed by atoms with Gasteiger partial charge in [-0.1, -0.05) is 239 Å². The Bertz CT molecular complexity index is 1050. The van der Waals surface area contributed by atoms with Crippen LogP contribution in [0, 0.1) is 0 Å². The Morgan fingerprint density at radius 2 is 0.754 bits per heavy atom. The molecule has 1 amide bonds. The number of rotatable bonds is 49. The lowest BCUT2D eigenvalue weighted by Gasteiger charge is -2.18. The lowest BCUT2D eigenvalue weighted by Crippen LogP contribution is -2.43. The van der Waals surface area contributed by atoms with Crippen LogP contribution in [0.1, 0.15) is 264 Å². The molecule has 0 aliphatic heterocycles. The van der Waals surface area contributed by atoms with Crippen molar-refractivity contribution in [2.24, 2.45) is 0 Å². The van der Waals surface area contributed by atoms with E-state index in [0.717, 1.165) is 38.5 Å². The van der Waals surface area contributed by atoms with Crippen molar-refractivity contribution in [1.82, 2.24) is 5.32 Å². The number of aliphatic hydroxyl groups excluding tert-OH is 1. The lowest BCUT2D eigenvalue weighted by molar-refractivity contribution is -0.147. The first-order valence-corrected chi connectivity index (χ1v) is 27.1. The number of esters is 1. The molecular formula is C49H96NO10P. The first kappa shape index (κ1) is 59.5. The fraction of sp³-hybridized carbons (Fsp3) is 0.939. The van der Waals surface area contributed by atoms with E-state index in [1.165, 1.54) is 186 Å². The molecule has 0 rings (SSSR count). The molecule has 0 spiro atoms. The standard InChI is InChI=1S/C49H96NO10P/c1-3-5-7-9-11-13-15-17-19-20-21-22-23-24-25-27-29-31-33-35-37-39-41-48(53)58-42-45(51)43-59-61(56,57)60-44-46(49(54)55)50-47(52)40-38-36-34-32-30-28-26-18-16-14-12-10-8-6-4-2/h45-46,51H,3-44H2,1-2H3,(H,50,52)(H,54,55)(H,56,57). The predicted molar refractivity (Wildman–Crippen MR) is 250 cm³/mol. The minimum absolute atomic E-state index is 0.153. The molecule has 0 bridgehead atoms. The van der Waals surface area contributed by atoms with Crippen molar-refractivity contribution in [3.63, 3.8) is 0 Å². The number of carboxylic acids is 1. The summed E-state index contributed by atoms with van der Waals surface area (Å²) in [6.07, 6.45) is 45.6. The molecule has 0 aromatic rings. The van der Waals surface area contributed by atoms with Crippen LogP contribution >= 0.6 is 7.82 Å². The van der Waals surface area contributed by atoms with Crippen molar-refractivity contribution in [1.29, 1.82) is 0 Å². The van der Waals surface area contributed by atoms with Gasteiger partial charge in [0.25, 0.3) is 0 Å². The monoisotopic (exact) mass is 890 g/mol. The average molecular weight is 890 g/mol. The summed E-state index contributed by atoms with van der Waals surface area (Å²) in [5.74, 6) is -2.35. The Balaban J connectivity index is 3.76. The molecule has 0 aromatic carbocycles. The maximum Gasteiger partial charge on any atom is 0.472 e. The molecule has 0 aliphatic carbocycles. The van der Waals surface area contributed by atoms with E-state index in [9.17, 15) is 34.1 Å². The number of carbonyl (C=O) groups is 3. The van der Waals surface area contributed by atoms with Gasteiger partial charge >= 0.3 is 19.8 Å². The molecule has 362 valence electrons. The number of aliphatic carboxylic acids is 1. The van der Waals surface area contributed by atoms with Crippen LogP contribution in [-0.2, 0) is 32.7 Å². The smallest absolute Gasteiger partial charge is 0.472 e. The molecule has 3 unspecified atom stereocenters. The summed E-state index contributed by atoms with van der Waals surface area (Å²) in [6, 6.07) is -1.54. The van der Waals surface area contributed by atoms with Gasteiger partial charge in [-0.25, -0.2) is 9.36 Å². The molecular weight excluding hydrogens is 794 g/mol. The Morgan fingerprint density at radius 3 is 1.08 bits per heavy atom. The van der Waals surface area contributed by atoms with E-state index in [2.05, 4.69) is 19.2 Å². The Kier molecular flexibility index (Phi) is 43.9. The molecule has 0 saturated carbocycles. The SMILES string of the molecule is CCCCCCCCCCCCCCCCCCCCCCCCC(=O)OCC(O)COP(=O)(O)OCC(NC(=O)CCCCCCCCCCCCCCCCC)C(=O)O. The number of aliphatic hydroxyl groups is 1. The number of phosphoric ester groups is 1. The second-order valence-electron chi connectivity index (χ2n) is 17.7. The van der Waals surface area contributed by atoms with Crippen LogP contribution in [0.5, 0.6) is 0 Å². The third-order valence-corrected chi connectivity index (χ3v) is 12.6. The molecule has 61 heavy (non-hydrogen) atoms. The van der Waals surface area contributed by atoms with Crippen molar-refractivity contribution in [2.75, 3.05) is 19.8 Å². The zero-order valence-corrected chi connectivity index (χ0v) is 40.4. The second-order valence-corrected chi connectivity index (χ2v) is 19.2. The van der Waals surface area contributed by atoms with Crippen LogP contribution in [0.2, 0.25) is 0 Å². The molecule has 4 N–H and O–H groups in total. The molecule has 0 saturated heterocycles. The maximum absolute atomic E-state index is 12.3. The van der Waals surface area contributed by atoms with E-state index in [0.29, 0.717) is 12.8 Å². The van der Waals surface area contributed by atoms with E-state index >= 15 is 0 Å². The quantitative estimate of drug-likeness (QED) is 0.0262. The first-order chi connectivity index (χ1) is 29.6. The van der Waals surface area contributed by atoms with E-state index in [-0.39, 0.29) is 12.8 Å². The highest BCUT2D eigenvalue weighted by Gasteiger charge is 2.28. The Labute approximate surface area is 374 Å². The molecule has 12 heteroatoms. The number of unbranched alkanes of at least 4 members (excludes halogenated alkanes) is 35. The largest absolute Gasteiger partial charge is 0.480 e. The summed E-state index contributed by atoms with van der Waals surface area (Å²) in [6.45, 7) is 2.65. The fourth-order valence-corrected chi connectivity index (χ4v) is 8.44. The fourth-order valence-electron chi connectivity index (χ4n) is 7.67. The molecule has 0 heterocycles. The first-order valence-electron chi connectivity index (χ1n) is 25.6. The summed E-state index contributed by atoms with van der Waals surface area (Å²) in [5, 5.41) is 21.9. The van der Waals surface area contributed by atoms with Gasteiger partial charge in [0, 0.05) is 12.8 Å². The number of phosphoric acid groups is 1. The van der Waals surface area contributed by atoms with Crippen molar-refractivity contribution < 1.29 is 47.8 Å². The molecule has 3 atom stereocenters. The van der Waals surface area contributed by atoms with Gasteiger partial charge in [0.05, 0.1) is 13.2 Å². The van der Waals surface area contributed by atoms with Gasteiger partial charge in [0.1, 0.15) is 12.7 Å². The topological polar surface area (TPSA) is 169 Å². The van der Waals surface area contributed by atoms with E-state index in [4.69, 9.17) is 13.8 Å². The minimum atomic E-state index is -4.75. The van der Waals surface area contributed by atoms with Crippen molar-refractivity contribution in [3.05, 3.63) is 0 Å². The van der Waals surface area contributed by atoms with Crippen LogP contribution in [0.4, 0.5) is 0 Å². The maximum atomic E-state index is 12.3. The van der Waals surface area contributed by atoms with Crippen molar-refractivity contribution >= 4 is 25.7 Å². The summed E-state index contributed by atoms with van der Waals surface area (Å²) < 4.78 is 26.9. The van der Waals surface area contributed by atoms with Crippen LogP contribution < -0.4 is 5.32 Å². The van der Waals surface area contributed by atoms with Crippen LogP contribution in [0.3, 0.4) is 0 Å². The third kappa shape index (κ3) is 44.9. The Hall–Kier alpha value is -1.52. The number of amides is 1. The summed E-state index contributed by atoms with van der Waals surface area (Å²) in [7, 11) is -4.75. The summed E-state index contributed by atoms with van der Waals surface area (Å²) in [4.78, 5) is 46.0. The average Bonchev–Trinajstić information content (AvgIpc) is 3.24. The highest BCUT2D eigenvalue weighted by molar-refractivity contribution is 7.47. The Morgan fingerprint density at radius 1 is 0.459 bits per heavy atom. The zero-order chi connectivity index (χ0) is 44.9. The third-order valence-electron chi connectivity index (χ3n) is 11.6. The van der Waals surface area contributed by atoms with E-state index < -0.39 is 57.6 Å². The van der Waals surface area contributed by atoms with E-state index in [1.807, 2.05) is 0 Å². The summed E-state index contributed by atoms with van der Waals surface area (Å²) >= 11 is 0. The number of hydrogen-bond donors (Lipinski definition) is 4. The molecule has 0 radical (unpaired) electrons. The number of ether oxygens (including phenoxy) is 1. The number of carbonyl (C=O) groups excluding carboxylic acids is 2. The van der Waals surface area contributed by atoms with Gasteiger partial charge in [-0.15, -0.1) is 0 Å². The van der Waals surface area contributed by atoms with Gasteiger partial charge < -0.3 is 25.2 Å². The molecule has 0 fully saturated rings. The lowest BCUT2D eigenvalue weighted by atomic mass is 10.0. The van der Waals surface area contributed by atoms with Crippen LogP contribution in [0.15, 0.2) is 0 Å². The second kappa shape index (κ2) is 45.1. The minimum Gasteiger partial charge on any atom is -0.480 e. The number of nitrogens with one attached hydrogen (secondary N) is 1. The van der Waals surface area contributed by atoms with Gasteiger partial charge in [-0.05, 0) is 12.8 Å². The van der Waals surface area contributed by atoms with Gasteiger partial charge in [0.2, 0.25) is 5.91 Å². The molecule has 11 nitrogen and oxygen atoms in total. The van der Waals surface area contributed by atoms with Crippen LogP contribution in [0.25, 0.3) is 0 Å². The normalized spacial score (nSPS) is 13.5. The van der Waals surface area contributed by atoms with Gasteiger partial charge in [-0.2, -0.15) is 0 Å². The van der Waals surface area contributed by atoms with Gasteiger partial charge in [-0.3, -0.25) is 18.6 Å². The molecule has 0 aromatic heterocycles. The van der Waals surface area contributed by atoms with Crippen LogP contribution in [-0.4, -0.2) is 64.9 Å². The number of hydrogen-bond acceptors (Lipinski definition) is 8.